The zero-order chi connectivity index (χ0) is 17.2. The van der Waals surface area contributed by atoms with Crippen molar-refractivity contribution in [2.45, 2.75) is 32.6 Å². The lowest BCUT2D eigenvalue weighted by Gasteiger charge is -2.23. The third-order valence-corrected chi connectivity index (χ3v) is 4.32. The standard InChI is InChI=1S/C20H26BrNO2/c1-3-23-20(24-4-2)15-22-19(17-8-6-5-7-9-17)14-16-10-12-18(21)13-11-16/h5-13,19-20,22H,3-4,14-15H2,1-2H3/t19-/m1/s1. The van der Waals surface area contributed by atoms with Gasteiger partial charge in [0, 0.05) is 30.3 Å². The number of nitrogens with one attached hydrogen (secondary N) is 1. The number of hydrogen-bond donors (Lipinski definition) is 1. The molecule has 1 atom stereocenters. The third-order valence-electron chi connectivity index (χ3n) is 3.79. The fourth-order valence-electron chi connectivity index (χ4n) is 2.63. The minimum absolute atomic E-state index is 0.212. The van der Waals surface area contributed by atoms with Gasteiger partial charge in [-0.05, 0) is 43.5 Å². The van der Waals surface area contributed by atoms with Gasteiger partial charge in [0.25, 0.3) is 0 Å². The summed E-state index contributed by atoms with van der Waals surface area (Å²) in [6, 6.07) is 19.2. The molecule has 4 heteroatoms. The van der Waals surface area contributed by atoms with Crippen molar-refractivity contribution in [2.24, 2.45) is 0 Å². The van der Waals surface area contributed by atoms with Crippen LogP contribution >= 0.6 is 15.9 Å². The average Bonchev–Trinajstić information content (AvgIpc) is 2.61. The van der Waals surface area contributed by atoms with Gasteiger partial charge in [0.1, 0.15) is 0 Å². The van der Waals surface area contributed by atoms with E-state index in [1.165, 1.54) is 11.1 Å². The van der Waals surface area contributed by atoms with Crippen LogP contribution < -0.4 is 5.32 Å². The van der Waals surface area contributed by atoms with E-state index in [0.717, 1.165) is 10.9 Å². The minimum atomic E-state index is -0.212. The summed E-state index contributed by atoms with van der Waals surface area (Å²) in [5.74, 6) is 0. The maximum absolute atomic E-state index is 5.64. The van der Waals surface area contributed by atoms with Crippen molar-refractivity contribution in [3.05, 3.63) is 70.2 Å². The van der Waals surface area contributed by atoms with Crippen molar-refractivity contribution in [1.82, 2.24) is 5.32 Å². The summed E-state index contributed by atoms with van der Waals surface area (Å²) in [5, 5.41) is 3.61. The molecule has 0 saturated heterocycles. The first kappa shape index (κ1) is 19.1. The van der Waals surface area contributed by atoms with Gasteiger partial charge in [0.2, 0.25) is 0 Å². The Balaban J connectivity index is 2.06. The number of ether oxygens (including phenoxy) is 2. The van der Waals surface area contributed by atoms with E-state index in [4.69, 9.17) is 9.47 Å². The molecule has 0 radical (unpaired) electrons. The zero-order valence-electron chi connectivity index (χ0n) is 14.4. The Morgan fingerprint density at radius 3 is 2.12 bits per heavy atom. The van der Waals surface area contributed by atoms with Crippen LogP contribution in [0.2, 0.25) is 0 Å². The molecular formula is C20H26BrNO2. The fraction of sp³-hybridized carbons (Fsp3) is 0.400. The van der Waals surface area contributed by atoms with E-state index in [0.29, 0.717) is 19.8 Å². The number of rotatable bonds is 10. The second-order valence-electron chi connectivity index (χ2n) is 5.54. The SMILES string of the molecule is CCOC(CN[C@H](Cc1ccc(Br)cc1)c1ccccc1)OCC. The summed E-state index contributed by atoms with van der Waals surface area (Å²) in [6.45, 7) is 5.94. The van der Waals surface area contributed by atoms with Crippen LogP contribution in [0.5, 0.6) is 0 Å². The largest absolute Gasteiger partial charge is 0.352 e. The van der Waals surface area contributed by atoms with E-state index >= 15 is 0 Å². The molecule has 0 fully saturated rings. The van der Waals surface area contributed by atoms with Gasteiger partial charge in [-0.15, -0.1) is 0 Å². The highest BCUT2D eigenvalue weighted by atomic mass is 79.9. The summed E-state index contributed by atoms with van der Waals surface area (Å²) in [7, 11) is 0. The first-order valence-electron chi connectivity index (χ1n) is 8.48. The van der Waals surface area contributed by atoms with Crippen molar-refractivity contribution in [1.29, 1.82) is 0 Å². The summed E-state index contributed by atoms with van der Waals surface area (Å²) < 4.78 is 12.4. The van der Waals surface area contributed by atoms with Crippen LogP contribution in [-0.2, 0) is 15.9 Å². The molecule has 0 aliphatic rings. The van der Waals surface area contributed by atoms with Gasteiger partial charge in [-0.1, -0.05) is 58.4 Å². The highest BCUT2D eigenvalue weighted by Crippen LogP contribution is 2.20. The average molecular weight is 392 g/mol. The maximum Gasteiger partial charge on any atom is 0.169 e. The fourth-order valence-corrected chi connectivity index (χ4v) is 2.89. The Morgan fingerprint density at radius 2 is 1.54 bits per heavy atom. The molecule has 3 nitrogen and oxygen atoms in total. The van der Waals surface area contributed by atoms with Crippen LogP contribution in [0.25, 0.3) is 0 Å². The smallest absolute Gasteiger partial charge is 0.169 e. The number of benzene rings is 2. The van der Waals surface area contributed by atoms with E-state index in [2.05, 4.69) is 69.8 Å². The molecular weight excluding hydrogens is 366 g/mol. The third kappa shape index (κ3) is 6.36. The van der Waals surface area contributed by atoms with E-state index in [9.17, 15) is 0 Å². The minimum Gasteiger partial charge on any atom is -0.352 e. The van der Waals surface area contributed by atoms with Gasteiger partial charge < -0.3 is 14.8 Å². The highest BCUT2D eigenvalue weighted by molar-refractivity contribution is 9.10. The Morgan fingerprint density at radius 1 is 0.917 bits per heavy atom. The molecule has 0 saturated carbocycles. The van der Waals surface area contributed by atoms with Crippen LogP contribution in [0.4, 0.5) is 0 Å². The van der Waals surface area contributed by atoms with Crippen molar-refractivity contribution < 1.29 is 9.47 Å². The monoisotopic (exact) mass is 391 g/mol. The van der Waals surface area contributed by atoms with Crippen LogP contribution in [0.3, 0.4) is 0 Å². The summed E-state index contributed by atoms with van der Waals surface area (Å²) in [6.07, 6.45) is 0.707. The Labute approximate surface area is 153 Å². The van der Waals surface area contributed by atoms with Crippen LogP contribution in [-0.4, -0.2) is 26.0 Å². The van der Waals surface area contributed by atoms with Crippen molar-refractivity contribution in [2.75, 3.05) is 19.8 Å². The van der Waals surface area contributed by atoms with E-state index in [1.54, 1.807) is 0 Å². The second kappa shape index (κ2) is 10.6. The molecule has 0 bridgehead atoms. The lowest BCUT2D eigenvalue weighted by atomic mass is 9.99. The van der Waals surface area contributed by atoms with Crippen LogP contribution in [0.1, 0.15) is 31.0 Å². The number of hydrogen-bond acceptors (Lipinski definition) is 3. The predicted octanol–water partition coefficient (Wildman–Crippen LogP) is 4.72. The Hall–Kier alpha value is -1.20. The highest BCUT2D eigenvalue weighted by Gasteiger charge is 2.15. The molecule has 0 unspecified atom stereocenters. The molecule has 2 aromatic carbocycles. The van der Waals surface area contributed by atoms with Gasteiger partial charge in [-0.3, -0.25) is 0 Å². The molecule has 24 heavy (non-hydrogen) atoms. The van der Waals surface area contributed by atoms with Gasteiger partial charge >= 0.3 is 0 Å². The molecule has 0 aliphatic carbocycles. The lowest BCUT2D eigenvalue weighted by molar-refractivity contribution is -0.133. The van der Waals surface area contributed by atoms with Crippen molar-refractivity contribution >= 4 is 15.9 Å². The van der Waals surface area contributed by atoms with Crippen LogP contribution in [0.15, 0.2) is 59.1 Å². The van der Waals surface area contributed by atoms with Gasteiger partial charge in [-0.25, -0.2) is 0 Å². The molecule has 2 rings (SSSR count). The van der Waals surface area contributed by atoms with E-state index < -0.39 is 0 Å². The molecule has 0 aromatic heterocycles. The quantitative estimate of drug-likeness (QED) is 0.594. The molecule has 0 spiro atoms. The van der Waals surface area contributed by atoms with Gasteiger partial charge in [-0.2, -0.15) is 0 Å². The normalized spacial score (nSPS) is 12.5. The van der Waals surface area contributed by atoms with Crippen LogP contribution in [0, 0.1) is 0 Å². The second-order valence-corrected chi connectivity index (χ2v) is 6.46. The van der Waals surface area contributed by atoms with Crippen molar-refractivity contribution in [3.63, 3.8) is 0 Å². The first-order valence-corrected chi connectivity index (χ1v) is 9.28. The molecule has 2 aromatic rings. The zero-order valence-corrected chi connectivity index (χ0v) is 16.0. The summed E-state index contributed by atoms with van der Waals surface area (Å²) >= 11 is 3.49. The Bertz CT molecular complexity index is 568. The maximum atomic E-state index is 5.64. The Kier molecular flexibility index (Phi) is 8.47. The van der Waals surface area contributed by atoms with Crippen molar-refractivity contribution in [3.8, 4) is 0 Å². The predicted molar refractivity (Wildman–Crippen MR) is 102 cm³/mol. The molecule has 130 valence electrons. The molecule has 0 aliphatic heterocycles. The van der Waals surface area contributed by atoms with E-state index in [-0.39, 0.29) is 12.3 Å². The molecule has 0 amide bonds. The molecule has 0 heterocycles. The topological polar surface area (TPSA) is 30.5 Å². The molecule has 1 N–H and O–H groups in total. The van der Waals surface area contributed by atoms with E-state index in [1.807, 2.05) is 19.9 Å². The van der Waals surface area contributed by atoms with Gasteiger partial charge in [0.15, 0.2) is 6.29 Å². The first-order chi connectivity index (χ1) is 11.7. The van der Waals surface area contributed by atoms with Gasteiger partial charge in [0.05, 0.1) is 0 Å². The lowest BCUT2D eigenvalue weighted by Crippen LogP contribution is -2.35. The number of halogens is 1. The summed E-state index contributed by atoms with van der Waals surface area (Å²) in [5.41, 5.74) is 2.57. The summed E-state index contributed by atoms with van der Waals surface area (Å²) in [4.78, 5) is 0.